The summed E-state index contributed by atoms with van der Waals surface area (Å²) in [4.78, 5) is 28.5. The lowest BCUT2D eigenvalue weighted by Gasteiger charge is -2.00. The maximum atomic E-state index is 12.8. The van der Waals surface area contributed by atoms with Gasteiger partial charge in [-0.15, -0.1) is 11.3 Å². The van der Waals surface area contributed by atoms with Crippen LogP contribution in [0.3, 0.4) is 0 Å². The van der Waals surface area contributed by atoms with Crippen LogP contribution in [0.1, 0.15) is 16.6 Å². The summed E-state index contributed by atoms with van der Waals surface area (Å²) in [6, 6.07) is 12.2. The molecular weight excluding hydrogens is 406 g/mol. The normalized spacial score (nSPS) is 12.1. The smallest absolute Gasteiger partial charge is 0.291 e. The zero-order valence-electron chi connectivity index (χ0n) is 14.0. The quantitative estimate of drug-likeness (QED) is 0.338. The fourth-order valence-electron chi connectivity index (χ4n) is 2.85. The molecular formula is C18H12ClN3O3S2. The van der Waals surface area contributed by atoms with Gasteiger partial charge in [-0.05, 0) is 19.1 Å². The molecule has 9 heteroatoms. The van der Waals surface area contributed by atoms with Crippen molar-refractivity contribution in [3.8, 4) is 0 Å². The number of amides is 1. The first-order valence-corrected chi connectivity index (χ1v) is 10.0. The van der Waals surface area contributed by atoms with Gasteiger partial charge in [0, 0.05) is 28.8 Å². The summed E-state index contributed by atoms with van der Waals surface area (Å²) >= 11 is 9.01. The lowest BCUT2D eigenvalue weighted by molar-refractivity contribution is -0.384. The van der Waals surface area contributed by atoms with E-state index in [0.29, 0.717) is 26.8 Å². The van der Waals surface area contributed by atoms with Crippen molar-refractivity contribution in [1.29, 1.82) is 0 Å². The lowest BCUT2D eigenvalue weighted by atomic mass is 10.2. The first kappa shape index (κ1) is 17.8. The molecule has 0 saturated heterocycles. The minimum atomic E-state index is -0.434. The molecule has 0 unspecified atom stereocenters. The number of thiophene rings is 1. The van der Waals surface area contributed by atoms with E-state index in [1.54, 1.807) is 10.6 Å². The Hall–Kier alpha value is -2.55. The average Bonchev–Trinajstić information content (AvgIpc) is 3.18. The Labute approximate surface area is 166 Å². The van der Waals surface area contributed by atoms with Crippen LogP contribution in [0.25, 0.3) is 20.3 Å². The Kier molecular flexibility index (Phi) is 4.55. The van der Waals surface area contributed by atoms with Crippen molar-refractivity contribution in [1.82, 2.24) is 4.57 Å². The van der Waals surface area contributed by atoms with E-state index in [-0.39, 0.29) is 5.69 Å². The van der Waals surface area contributed by atoms with Gasteiger partial charge in [0.1, 0.15) is 4.88 Å². The predicted molar refractivity (Wildman–Crippen MR) is 109 cm³/mol. The minimum Gasteiger partial charge on any atom is -0.316 e. The molecule has 0 bridgehead atoms. The molecule has 0 saturated carbocycles. The number of hydrogen-bond acceptors (Lipinski definition) is 5. The highest BCUT2D eigenvalue weighted by Gasteiger charge is 2.17. The van der Waals surface area contributed by atoms with Crippen LogP contribution in [0.5, 0.6) is 0 Å². The summed E-state index contributed by atoms with van der Waals surface area (Å²) in [5, 5.41) is 12.3. The third-order valence-corrected chi connectivity index (χ3v) is 6.84. The number of carbonyl (C=O) groups excluding carboxylic acids is 1. The molecule has 0 fully saturated rings. The first-order valence-electron chi connectivity index (χ1n) is 8.03. The number of nitro groups is 1. The average molecular weight is 418 g/mol. The Balaban J connectivity index is 1.87. The summed E-state index contributed by atoms with van der Waals surface area (Å²) in [7, 11) is 0. The molecule has 0 aliphatic carbocycles. The maximum Gasteiger partial charge on any atom is 0.291 e. The Morgan fingerprint density at radius 2 is 2.00 bits per heavy atom. The molecule has 27 heavy (non-hydrogen) atoms. The van der Waals surface area contributed by atoms with Crippen LogP contribution in [0, 0.1) is 10.1 Å². The van der Waals surface area contributed by atoms with Crippen molar-refractivity contribution >= 4 is 66.2 Å². The molecule has 136 valence electrons. The SMILES string of the molecule is CCn1c(=NC(=O)c2sc3ccccc3c2Cl)sc2ccc([N+](=O)[O-])cc21. The molecule has 0 atom stereocenters. The second kappa shape index (κ2) is 6.88. The molecule has 4 rings (SSSR count). The molecule has 0 spiro atoms. The van der Waals surface area contributed by atoms with Crippen molar-refractivity contribution in [3.63, 3.8) is 0 Å². The zero-order chi connectivity index (χ0) is 19.1. The van der Waals surface area contributed by atoms with E-state index >= 15 is 0 Å². The monoisotopic (exact) mass is 417 g/mol. The number of thiazole rings is 1. The number of nitrogens with zero attached hydrogens (tertiary/aromatic N) is 3. The number of halogens is 1. The third-order valence-electron chi connectivity index (χ3n) is 4.12. The molecule has 4 aromatic rings. The third kappa shape index (κ3) is 3.05. The molecule has 6 nitrogen and oxygen atoms in total. The number of benzene rings is 2. The van der Waals surface area contributed by atoms with Gasteiger partial charge in [0.15, 0.2) is 4.80 Å². The van der Waals surface area contributed by atoms with Crippen molar-refractivity contribution in [2.75, 3.05) is 0 Å². The van der Waals surface area contributed by atoms with E-state index < -0.39 is 10.8 Å². The lowest BCUT2D eigenvalue weighted by Crippen LogP contribution is -2.15. The van der Waals surface area contributed by atoms with Gasteiger partial charge in [-0.3, -0.25) is 14.9 Å². The molecule has 1 amide bonds. The minimum absolute atomic E-state index is 0.00734. The highest BCUT2D eigenvalue weighted by molar-refractivity contribution is 7.21. The van der Waals surface area contributed by atoms with Crippen molar-refractivity contribution in [2.45, 2.75) is 13.5 Å². The first-order chi connectivity index (χ1) is 13.0. The van der Waals surface area contributed by atoms with Crippen LogP contribution in [0.15, 0.2) is 47.5 Å². The molecule has 0 aliphatic heterocycles. The molecule has 0 aliphatic rings. The van der Waals surface area contributed by atoms with Crippen LogP contribution < -0.4 is 4.80 Å². The standard InChI is InChI=1S/C18H12ClN3O3S2/c1-2-21-12-9-10(22(24)25)7-8-14(12)27-18(21)20-17(23)16-15(19)11-5-3-4-6-13(11)26-16/h3-9H,2H2,1H3. The van der Waals surface area contributed by atoms with E-state index in [1.165, 1.54) is 34.8 Å². The predicted octanol–water partition coefficient (Wildman–Crippen LogP) is 5.24. The molecule has 2 heterocycles. The largest absolute Gasteiger partial charge is 0.316 e. The Morgan fingerprint density at radius 1 is 1.22 bits per heavy atom. The zero-order valence-corrected chi connectivity index (χ0v) is 16.4. The Bertz CT molecular complexity index is 1290. The van der Waals surface area contributed by atoms with Gasteiger partial charge in [-0.1, -0.05) is 41.1 Å². The summed E-state index contributed by atoms with van der Waals surface area (Å²) in [6.07, 6.45) is 0. The van der Waals surface area contributed by atoms with E-state index in [0.717, 1.165) is 14.8 Å². The number of fused-ring (bicyclic) bond motifs is 2. The molecule has 2 aromatic heterocycles. The van der Waals surface area contributed by atoms with Gasteiger partial charge < -0.3 is 4.57 Å². The van der Waals surface area contributed by atoms with Crippen molar-refractivity contribution < 1.29 is 9.72 Å². The van der Waals surface area contributed by atoms with E-state index in [9.17, 15) is 14.9 Å². The van der Waals surface area contributed by atoms with E-state index in [1.807, 2.05) is 31.2 Å². The highest BCUT2D eigenvalue weighted by Crippen LogP contribution is 2.35. The van der Waals surface area contributed by atoms with Gasteiger partial charge in [0.25, 0.3) is 11.6 Å². The molecule has 0 N–H and O–H groups in total. The van der Waals surface area contributed by atoms with E-state index in [2.05, 4.69) is 4.99 Å². The summed E-state index contributed by atoms with van der Waals surface area (Å²) in [5.74, 6) is -0.413. The topological polar surface area (TPSA) is 77.5 Å². The number of nitro benzene ring substituents is 1. The summed E-state index contributed by atoms with van der Waals surface area (Å²) in [5.41, 5.74) is 0.693. The number of aromatic nitrogens is 1. The van der Waals surface area contributed by atoms with Gasteiger partial charge >= 0.3 is 0 Å². The van der Waals surface area contributed by atoms with E-state index in [4.69, 9.17) is 11.6 Å². The van der Waals surface area contributed by atoms with Crippen molar-refractivity contribution in [3.05, 3.63) is 67.3 Å². The summed E-state index contributed by atoms with van der Waals surface area (Å²) in [6.45, 7) is 2.44. The van der Waals surface area contributed by atoms with Gasteiger partial charge in [0.2, 0.25) is 0 Å². The van der Waals surface area contributed by atoms with Crippen LogP contribution >= 0.6 is 34.3 Å². The Morgan fingerprint density at radius 3 is 2.70 bits per heavy atom. The van der Waals surface area contributed by atoms with Crippen LogP contribution in [0.2, 0.25) is 5.02 Å². The number of aryl methyl sites for hydroxylation is 1. The fraction of sp³-hybridized carbons (Fsp3) is 0.111. The van der Waals surface area contributed by atoms with Crippen LogP contribution in [0.4, 0.5) is 5.69 Å². The maximum absolute atomic E-state index is 12.8. The highest BCUT2D eigenvalue weighted by atomic mass is 35.5. The van der Waals surface area contributed by atoms with Crippen LogP contribution in [-0.2, 0) is 6.54 Å². The molecule has 0 radical (unpaired) electrons. The number of rotatable bonds is 3. The number of carbonyl (C=O) groups is 1. The summed E-state index contributed by atoms with van der Waals surface area (Å²) < 4.78 is 3.55. The van der Waals surface area contributed by atoms with Gasteiger partial charge in [-0.2, -0.15) is 4.99 Å². The van der Waals surface area contributed by atoms with Crippen LogP contribution in [-0.4, -0.2) is 15.4 Å². The van der Waals surface area contributed by atoms with Gasteiger partial charge in [-0.25, -0.2) is 0 Å². The second-order valence-electron chi connectivity index (χ2n) is 5.70. The number of non-ortho nitro benzene ring substituents is 1. The molecule has 2 aromatic carbocycles. The fourth-order valence-corrected chi connectivity index (χ4v) is 5.32. The second-order valence-corrected chi connectivity index (χ2v) is 8.14. The van der Waals surface area contributed by atoms with Gasteiger partial charge in [0.05, 0.1) is 20.2 Å². The number of hydrogen-bond donors (Lipinski definition) is 0. The van der Waals surface area contributed by atoms with Crippen molar-refractivity contribution in [2.24, 2.45) is 4.99 Å².